The van der Waals surface area contributed by atoms with Crippen molar-refractivity contribution >= 4 is 11.8 Å². The quantitative estimate of drug-likeness (QED) is 0.858. The molecule has 0 unspecified atom stereocenters. The van der Waals surface area contributed by atoms with Gasteiger partial charge in [-0.2, -0.15) is 0 Å². The van der Waals surface area contributed by atoms with E-state index in [0.29, 0.717) is 23.3 Å². The average molecular weight is 318 g/mol. The fraction of sp³-hybridized carbons (Fsp3) is 0.333. The molecule has 21 heavy (non-hydrogen) atoms. The number of hydrogen-bond donors (Lipinski definition) is 1. The lowest BCUT2D eigenvalue weighted by molar-refractivity contribution is -0.274. The van der Waals surface area contributed by atoms with Crippen LogP contribution in [0.2, 0.25) is 0 Å². The van der Waals surface area contributed by atoms with E-state index in [2.05, 4.69) is 14.9 Å². The van der Waals surface area contributed by atoms with Crippen molar-refractivity contribution in [1.29, 1.82) is 0 Å². The minimum atomic E-state index is -4.67. The number of hydrogen-bond acceptors (Lipinski definition) is 5. The van der Waals surface area contributed by atoms with Gasteiger partial charge in [-0.15, -0.1) is 23.4 Å². The van der Waals surface area contributed by atoms with Crippen molar-refractivity contribution in [2.75, 3.05) is 0 Å². The molecule has 0 aliphatic rings. The Morgan fingerprint density at radius 2 is 1.90 bits per heavy atom. The number of thioether (sulfide) groups is 1. The maximum atomic E-state index is 12.0. The molecule has 9 heteroatoms. The van der Waals surface area contributed by atoms with Gasteiger partial charge in [-0.3, -0.25) is 0 Å². The van der Waals surface area contributed by atoms with Crippen LogP contribution in [0.4, 0.5) is 13.2 Å². The molecule has 2 rings (SSSR count). The van der Waals surface area contributed by atoms with Gasteiger partial charge in [-0.1, -0.05) is 23.9 Å². The third-order valence-corrected chi connectivity index (χ3v) is 3.72. The zero-order valence-corrected chi connectivity index (χ0v) is 11.9. The second kappa shape index (κ2) is 6.35. The highest BCUT2D eigenvalue weighted by atomic mass is 32.2. The third kappa shape index (κ3) is 4.36. The molecular weight excluding hydrogens is 305 g/mol. The van der Waals surface area contributed by atoms with E-state index in [0.717, 1.165) is 5.56 Å². The van der Waals surface area contributed by atoms with Crippen molar-refractivity contribution in [2.24, 2.45) is 12.8 Å². The summed E-state index contributed by atoms with van der Waals surface area (Å²) in [6.45, 7) is 0.299. The number of nitrogens with two attached hydrogens (primary N) is 1. The molecule has 1 aromatic carbocycles. The SMILES string of the molecule is Cn1c(CN)nnc1SCc1ccc(OC(F)(F)F)cc1. The van der Waals surface area contributed by atoms with Crippen molar-refractivity contribution in [3.8, 4) is 5.75 Å². The van der Waals surface area contributed by atoms with E-state index in [1.165, 1.54) is 23.9 Å². The first-order valence-electron chi connectivity index (χ1n) is 5.95. The van der Waals surface area contributed by atoms with E-state index >= 15 is 0 Å². The standard InChI is InChI=1S/C12H13F3N4OS/c1-19-10(6-16)17-18-11(19)21-7-8-2-4-9(5-3-8)20-12(13,14)15/h2-5H,6-7,16H2,1H3. The summed E-state index contributed by atoms with van der Waals surface area (Å²) in [5, 5.41) is 8.61. The Balaban J connectivity index is 1.96. The van der Waals surface area contributed by atoms with Crippen molar-refractivity contribution in [2.45, 2.75) is 23.8 Å². The van der Waals surface area contributed by atoms with Crippen molar-refractivity contribution < 1.29 is 17.9 Å². The Bertz CT molecular complexity index is 598. The summed E-state index contributed by atoms with van der Waals surface area (Å²) in [4.78, 5) is 0. The zero-order chi connectivity index (χ0) is 15.5. The van der Waals surface area contributed by atoms with E-state index < -0.39 is 6.36 Å². The van der Waals surface area contributed by atoms with Crippen LogP contribution in [0.1, 0.15) is 11.4 Å². The monoisotopic (exact) mass is 318 g/mol. The first-order valence-corrected chi connectivity index (χ1v) is 6.93. The van der Waals surface area contributed by atoms with Crippen molar-refractivity contribution in [1.82, 2.24) is 14.8 Å². The third-order valence-electron chi connectivity index (χ3n) is 2.63. The molecule has 1 aromatic heterocycles. The van der Waals surface area contributed by atoms with Crippen LogP contribution in [-0.2, 0) is 19.3 Å². The van der Waals surface area contributed by atoms with Crippen LogP contribution < -0.4 is 10.5 Å². The highest BCUT2D eigenvalue weighted by Gasteiger charge is 2.30. The molecule has 1 heterocycles. The number of benzene rings is 1. The average Bonchev–Trinajstić information content (AvgIpc) is 2.77. The maximum absolute atomic E-state index is 12.0. The molecule has 0 amide bonds. The van der Waals surface area contributed by atoms with E-state index in [-0.39, 0.29) is 5.75 Å². The summed E-state index contributed by atoms with van der Waals surface area (Å²) >= 11 is 1.43. The summed E-state index contributed by atoms with van der Waals surface area (Å²) in [5.41, 5.74) is 6.35. The molecule has 0 aliphatic carbocycles. The smallest absolute Gasteiger partial charge is 0.406 e. The summed E-state index contributed by atoms with van der Waals surface area (Å²) in [6.07, 6.45) is -4.67. The van der Waals surface area contributed by atoms with Gasteiger partial charge in [0.1, 0.15) is 11.6 Å². The second-order valence-corrected chi connectivity index (χ2v) is 5.08. The van der Waals surface area contributed by atoms with Crippen LogP contribution in [-0.4, -0.2) is 21.1 Å². The van der Waals surface area contributed by atoms with Gasteiger partial charge in [0, 0.05) is 12.8 Å². The van der Waals surface area contributed by atoms with E-state index in [4.69, 9.17) is 5.73 Å². The second-order valence-electron chi connectivity index (χ2n) is 4.14. The molecule has 0 radical (unpaired) electrons. The minimum absolute atomic E-state index is 0.236. The fourth-order valence-electron chi connectivity index (χ4n) is 1.58. The predicted octanol–water partition coefficient (Wildman–Crippen LogP) is 2.46. The molecule has 0 fully saturated rings. The Labute approximate surface area is 123 Å². The molecule has 0 spiro atoms. The molecule has 5 nitrogen and oxygen atoms in total. The molecule has 2 N–H and O–H groups in total. The highest BCUT2D eigenvalue weighted by Crippen LogP contribution is 2.25. The Morgan fingerprint density at radius 1 is 1.24 bits per heavy atom. The lowest BCUT2D eigenvalue weighted by atomic mass is 10.2. The number of halogens is 3. The van der Waals surface area contributed by atoms with Gasteiger partial charge in [0.15, 0.2) is 5.16 Å². The first-order chi connectivity index (χ1) is 9.89. The Hall–Kier alpha value is -1.74. The molecule has 0 bridgehead atoms. The van der Waals surface area contributed by atoms with Gasteiger partial charge < -0.3 is 15.0 Å². The molecule has 114 valence electrons. The van der Waals surface area contributed by atoms with Gasteiger partial charge in [0.2, 0.25) is 0 Å². The van der Waals surface area contributed by atoms with E-state index in [9.17, 15) is 13.2 Å². The molecule has 0 saturated carbocycles. The summed E-state index contributed by atoms with van der Waals surface area (Å²) < 4.78 is 41.7. The van der Waals surface area contributed by atoms with Crippen LogP contribution in [0.3, 0.4) is 0 Å². The summed E-state index contributed by atoms with van der Waals surface area (Å²) in [7, 11) is 1.81. The van der Waals surface area contributed by atoms with Crippen molar-refractivity contribution in [3.05, 3.63) is 35.7 Å². The minimum Gasteiger partial charge on any atom is -0.406 e. The van der Waals surface area contributed by atoms with Crippen molar-refractivity contribution in [3.63, 3.8) is 0 Å². The van der Waals surface area contributed by atoms with Gasteiger partial charge in [0.05, 0.1) is 6.54 Å². The van der Waals surface area contributed by atoms with Crippen LogP contribution in [0.25, 0.3) is 0 Å². The Kier molecular flexibility index (Phi) is 4.73. The van der Waals surface area contributed by atoms with Crippen LogP contribution in [0, 0.1) is 0 Å². The summed E-state index contributed by atoms with van der Waals surface area (Å²) in [6, 6.07) is 5.72. The summed E-state index contributed by atoms with van der Waals surface area (Å²) in [5.74, 6) is 0.995. The number of rotatable bonds is 5. The van der Waals surface area contributed by atoms with Gasteiger partial charge in [0.25, 0.3) is 0 Å². The molecule has 0 aliphatic heterocycles. The van der Waals surface area contributed by atoms with E-state index in [1.807, 2.05) is 7.05 Å². The predicted molar refractivity (Wildman–Crippen MR) is 71.6 cm³/mol. The molecular formula is C12H13F3N4OS. The molecule has 2 aromatic rings. The topological polar surface area (TPSA) is 66.0 Å². The number of aromatic nitrogens is 3. The Morgan fingerprint density at radius 3 is 2.43 bits per heavy atom. The van der Waals surface area contributed by atoms with Gasteiger partial charge in [-0.25, -0.2) is 0 Å². The van der Waals surface area contributed by atoms with Crippen LogP contribution in [0.5, 0.6) is 5.75 Å². The zero-order valence-electron chi connectivity index (χ0n) is 11.1. The lowest BCUT2D eigenvalue weighted by Gasteiger charge is -2.09. The number of alkyl halides is 3. The van der Waals surface area contributed by atoms with Crippen LogP contribution >= 0.6 is 11.8 Å². The fourth-order valence-corrected chi connectivity index (χ4v) is 2.47. The largest absolute Gasteiger partial charge is 0.573 e. The van der Waals surface area contributed by atoms with E-state index in [1.54, 1.807) is 16.7 Å². The van der Waals surface area contributed by atoms with Gasteiger partial charge in [-0.05, 0) is 17.7 Å². The van der Waals surface area contributed by atoms with Gasteiger partial charge >= 0.3 is 6.36 Å². The normalized spacial score (nSPS) is 11.7. The highest BCUT2D eigenvalue weighted by molar-refractivity contribution is 7.98. The molecule has 0 saturated heterocycles. The lowest BCUT2D eigenvalue weighted by Crippen LogP contribution is -2.16. The molecule has 0 atom stereocenters. The number of ether oxygens (including phenoxy) is 1. The maximum Gasteiger partial charge on any atom is 0.573 e. The number of nitrogens with zero attached hydrogens (tertiary/aromatic N) is 3. The first kappa shape index (κ1) is 15.6. The van der Waals surface area contributed by atoms with Crippen LogP contribution in [0.15, 0.2) is 29.4 Å².